The molecule has 0 bridgehead atoms. The Balaban J connectivity index is 1.42. The highest BCUT2D eigenvalue weighted by molar-refractivity contribution is 5.87. The van der Waals surface area contributed by atoms with Crippen LogP contribution in [0.1, 0.15) is 44.2 Å². The minimum Gasteiger partial charge on any atom is -0.479 e. The molecule has 2 aliphatic rings. The van der Waals surface area contributed by atoms with E-state index in [2.05, 4.69) is 22.8 Å². The molecule has 0 saturated carbocycles. The van der Waals surface area contributed by atoms with E-state index >= 15 is 0 Å². The summed E-state index contributed by atoms with van der Waals surface area (Å²) in [5.41, 5.74) is 3.83. The van der Waals surface area contributed by atoms with Crippen LogP contribution in [0.4, 0.5) is 4.79 Å². The molecular weight excluding hydrogens is 436 g/mol. The van der Waals surface area contributed by atoms with Crippen LogP contribution in [0, 0.1) is 5.41 Å². The van der Waals surface area contributed by atoms with Gasteiger partial charge in [0.15, 0.2) is 6.10 Å². The van der Waals surface area contributed by atoms with E-state index in [0.717, 1.165) is 22.3 Å². The Kier molecular flexibility index (Phi) is 6.61. The monoisotopic (exact) mass is 466 g/mol. The topological polar surface area (TPSA) is 114 Å². The molecule has 1 aliphatic heterocycles. The maximum Gasteiger partial charge on any atom is 0.407 e. The zero-order chi connectivity index (χ0) is 24.5. The molecule has 8 nitrogen and oxygen atoms in total. The van der Waals surface area contributed by atoms with E-state index in [1.807, 2.05) is 57.2 Å². The molecule has 0 spiro atoms. The molecular formula is C26H30N2O6. The molecule has 2 amide bonds. The predicted octanol–water partition coefficient (Wildman–Crippen LogP) is 3.30. The minimum atomic E-state index is -1.13. The van der Waals surface area contributed by atoms with E-state index in [1.54, 1.807) is 0 Å². The van der Waals surface area contributed by atoms with Gasteiger partial charge >= 0.3 is 12.1 Å². The van der Waals surface area contributed by atoms with Crippen molar-refractivity contribution < 1.29 is 29.0 Å². The molecule has 1 aliphatic carbocycles. The lowest BCUT2D eigenvalue weighted by Gasteiger charge is -2.31. The number of hydrogen-bond acceptors (Lipinski definition) is 5. The van der Waals surface area contributed by atoms with Crippen LogP contribution in [0.5, 0.6) is 0 Å². The largest absolute Gasteiger partial charge is 0.479 e. The van der Waals surface area contributed by atoms with E-state index in [0.29, 0.717) is 6.42 Å². The van der Waals surface area contributed by atoms with Gasteiger partial charge in [-0.3, -0.25) is 4.79 Å². The molecule has 4 rings (SSSR count). The number of fused-ring (bicyclic) bond motifs is 3. The standard InChI is InChI=1S/C26H30N2O6/c1-26(2,3)22(23(29)27-20-12-13-33-21(20)24(30)31)28-25(32)34-14-19-17-10-6-4-8-15(17)16-9-5-7-11-18(16)19/h4-11,19-22H,12-14H2,1-3H3,(H,27,29)(H,28,32)(H,30,31). The SMILES string of the molecule is CC(C)(C)C(NC(=O)OCC1c2ccccc2-c2ccccc21)C(=O)NC1CCOC1C(=O)O. The molecule has 34 heavy (non-hydrogen) atoms. The van der Waals surface area contributed by atoms with E-state index < -0.39 is 41.6 Å². The van der Waals surface area contributed by atoms with E-state index in [9.17, 15) is 19.5 Å². The number of hydrogen-bond donors (Lipinski definition) is 3. The van der Waals surface area contributed by atoms with Gasteiger partial charge in [-0.2, -0.15) is 0 Å². The fraction of sp³-hybridized carbons (Fsp3) is 0.423. The number of carbonyl (C=O) groups excluding carboxylic acids is 2. The van der Waals surface area contributed by atoms with Crippen molar-refractivity contribution in [2.24, 2.45) is 5.41 Å². The van der Waals surface area contributed by atoms with Gasteiger partial charge in [-0.15, -0.1) is 0 Å². The van der Waals surface area contributed by atoms with Gasteiger partial charge in [-0.25, -0.2) is 9.59 Å². The van der Waals surface area contributed by atoms with Crippen LogP contribution in [-0.2, 0) is 19.1 Å². The second-order valence-corrected chi connectivity index (χ2v) is 9.80. The van der Waals surface area contributed by atoms with Gasteiger partial charge in [0.05, 0.1) is 6.04 Å². The van der Waals surface area contributed by atoms with Gasteiger partial charge in [0.1, 0.15) is 12.6 Å². The summed E-state index contributed by atoms with van der Waals surface area (Å²) >= 11 is 0. The van der Waals surface area contributed by atoms with Crippen LogP contribution in [0.2, 0.25) is 0 Å². The third-order valence-corrected chi connectivity index (χ3v) is 6.40. The number of ether oxygens (including phenoxy) is 2. The molecule has 0 radical (unpaired) electrons. The highest BCUT2D eigenvalue weighted by Gasteiger charge is 2.40. The number of carboxylic acid groups (broad SMARTS) is 1. The van der Waals surface area contributed by atoms with Gasteiger partial charge in [-0.05, 0) is 34.1 Å². The minimum absolute atomic E-state index is 0.0907. The van der Waals surface area contributed by atoms with Crippen molar-refractivity contribution in [1.82, 2.24) is 10.6 Å². The Morgan fingerprint density at radius 3 is 2.21 bits per heavy atom. The van der Waals surface area contributed by atoms with Crippen LogP contribution in [0.3, 0.4) is 0 Å². The number of carboxylic acids is 1. The molecule has 1 fully saturated rings. The lowest BCUT2D eigenvalue weighted by Crippen LogP contribution is -2.57. The Bertz CT molecular complexity index is 1050. The van der Waals surface area contributed by atoms with E-state index in [-0.39, 0.29) is 19.1 Å². The molecule has 1 saturated heterocycles. The van der Waals surface area contributed by atoms with Gasteiger partial charge in [-0.1, -0.05) is 69.3 Å². The summed E-state index contributed by atoms with van der Waals surface area (Å²) in [6, 6.07) is 14.5. The molecule has 3 N–H and O–H groups in total. The fourth-order valence-electron chi connectivity index (χ4n) is 4.68. The van der Waals surface area contributed by atoms with Crippen molar-refractivity contribution in [3.8, 4) is 11.1 Å². The summed E-state index contributed by atoms with van der Waals surface area (Å²) in [5, 5.41) is 14.7. The van der Waals surface area contributed by atoms with E-state index in [4.69, 9.17) is 9.47 Å². The summed E-state index contributed by atoms with van der Waals surface area (Å²) in [6.45, 7) is 5.85. The Hall–Kier alpha value is -3.39. The highest BCUT2D eigenvalue weighted by atomic mass is 16.5. The van der Waals surface area contributed by atoms with Crippen molar-refractivity contribution in [2.45, 2.75) is 51.3 Å². The number of carbonyl (C=O) groups is 3. The average Bonchev–Trinajstić information content (AvgIpc) is 3.38. The van der Waals surface area contributed by atoms with Crippen LogP contribution in [0.15, 0.2) is 48.5 Å². The molecule has 1 heterocycles. The first kappa shape index (κ1) is 23.8. The van der Waals surface area contributed by atoms with Gasteiger partial charge in [0, 0.05) is 12.5 Å². The molecule has 2 aromatic carbocycles. The number of rotatable bonds is 6. The molecule has 8 heteroatoms. The Labute approximate surface area is 198 Å². The predicted molar refractivity (Wildman–Crippen MR) is 125 cm³/mol. The third kappa shape index (κ3) is 4.77. The van der Waals surface area contributed by atoms with Crippen LogP contribution in [0.25, 0.3) is 11.1 Å². The first-order valence-corrected chi connectivity index (χ1v) is 11.4. The summed E-state index contributed by atoms with van der Waals surface area (Å²) in [4.78, 5) is 37.1. The van der Waals surface area contributed by atoms with Crippen molar-refractivity contribution in [3.05, 3.63) is 59.7 Å². The van der Waals surface area contributed by atoms with Crippen molar-refractivity contribution in [2.75, 3.05) is 13.2 Å². The smallest absolute Gasteiger partial charge is 0.407 e. The average molecular weight is 467 g/mol. The first-order chi connectivity index (χ1) is 16.2. The second-order valence-electron chi connectivity index (χ2n) is 9.80. The number of aliphatic carboxylic acids is 1. The number of nitrogens with one attached hydrogen (secondary N) is 2. The zero-order valence-electron chi connectivity index (χ0n) is 19.5. The zero-order valence-corrected chi connectivity index (χ0v) is 19.5. The van der Waals surface area contributed by atoms with Gasteiger partial charge < -0.3 is 25.2 Å². The quantitative estimate of drug-likeness (QED) is 0.602. The summed E-state index contributed by atoms with van der Waals surface area (Å²) in [5.74, 6) is -1.69. The second kappa shape index (κ2) is 9.46. The lowest BCUT2D eigenvalue weighted by molar-refractivity contribution is -0.148. The molecule has 180 valence electrons. The number of amides is 2. The maximum atomic E-state index is 13.0. The van der Waals surface area contributed by atoms with Crippen molar-refractivity contribution in [3.63, 3.8) is 0 Å². The van der Waals surface area contributed by atoms with Crippen LogP contribution >= 0.6 is 0 Å². The Morgan fingerprint density at radius 2 is 1.65 bits per heavy atom. The highest BCUT2D eigenvalue weighted by Crippen LogP contribution is 2.44. The van der Waals surface area contributed by atoms with Crippen molar-refractivity contribution in [1.29, 1.82) is 0 Å². The number of benzene rings is 2. The summed E-state index contributed by atoms with van der Waals surface area (Å²) in [7, 11) is 0. The van der Waals surface area contributed by atoms with Crippen LogP contribution < -0.4 is 10.6 Å². The molecule has 3 unspecified atom stereocenters. The molecule has 2 aromatic rings. The van der Waals surface area contributed by atoms with Gasteiger partial charge in [0.25, 0.3) is 0 Å². The molecule has 0 aromatic heterocycles. The fourth-order valence-corrected chi connectivity index (χ4v) is 4.68. The Morgan fingerprint density at radius 1 is 1.06 bits per heavy atom. The third-order valence-electron chi connectivity index (χ3n) is 6.40. The summed E-state index contributed by atoms with van der Waals surface area (Å²) in [6.07, 6.45) is -1.40. The summed E-state index contributed by atoms with van der Waals surface area (Å²) < 4.78 is 10.8. The van der Waals surface area contributed by atoms with Gasteiger partial charge in [0.2, 0.25) is 5.91 Å². The van der Waals surface area contributed by atoms with Crippen LogP contribution in [-0.4, -0.2) is 54.5 Å². The number of alkyl carbamates (subject to hydrolysis) is 1. The van der Waals surface area contributed by atoms with Crippen molar-refractivity contribution >= 4 is 18.0 Å². The first-order valence-electron chi connectivity index (χ1n) is 11.4. The van der Waals surface area contributed by atoms with E-state index in [1.165, 1.54) is 0 Å². The lowest BCUT2D eigenvalue weighted by atomic mass is 9.86. The normalized spacial score (nSPS) is 20.2. The maximum absolute atomic E-state index is 13.0. The molecule has 3 atom stereocenters.